The minimum Gasteiger partial charge on any atom is -0.380 e. The second-order valence-corrected chi connectivity index (χ2v) is 7.67. The standard InChI is InChI=1S/C18H23N3O5S/c1-4-26-10-9-19-17-8-6-15(12-18(17)21(22)23)27(24,25)20-16-7-5-13(2)11-14(16)3/h5-8,11-12,19-20H,4,9-10H2,1-3H3. The van der Waals surface area contributed by atoms with Crippen LogP contribution in [0.4, 0.5) is 17.1 Å². The molecule has 27 heavy (non-hydrogen) atoms. The van der Waals surface area contributed by atoms with Crippen molar-refractivity contribution in [3.05, 3.63) is 57.6 Å². The van der Waals surface area contributed by atoms with Crippen LogP contribution < -0.4 is 10.0 Å². The van der Waals surface area contributed by atoms with Crippen LogP contribution in [-0.4, -0.2) is 33.1 Å². The van der Waals surface area contributed by atoms with Gasteiger partial charge >= 0.3 is 0 Å². The van der Waals surface area contributed by atoms with Crippen LogP contribution in [0.5, 0.6) is 0 Å². The maximum absolute atomic E-state index is 12.6. The topological polar surface area (TPSA) is 111 Å². The van der Waals surface area contributed by atoms with Crippen LogP contribution in [0.25, 0.3) is 0 Å². The van der Waals surface area contributed by atoms with E-state index in [1.807, 2.05) is 19.9 Å². The quantitative estimate of drug-likeness (QED) is 0.383. The molecule has 0 aliphatic heterocycles. The van der Waals surface area contributed by atoms with E-state index in [2.05, 4.69) is 10.0 Å². The Kier molecular flexibility index (Phi) is 6.75. The van der Waals surface area contributed by atoms with Crippen molar-refractivity contribution in [2.75, 3.05) is 29.8 Å². The number of nitro benzene ring substituents is 1. The molecule has 0 atom stereocenters. The van der Waals surface area contributed by atoms with E-state index in [4.69, 9.17) is 4.74 Å². The lowest BCUT2D eigenvalue weighted by atomic mass is 10.1. The van der Waals surface area contributed by atoms with E-state index in [9.17, 15) is 18.5 Å². The van der Waals surface area contributed by atoms with Crippen molar-refractivity contribution in [2.24, 2.45) is 0 Å². The zero-order chi connectivity index (χ0) is 20.0. The lowest BCUT2D eigenvalue weighted by Crippen LogP contribution is -2.15. The lowest BCUT2D eigenvalue weighted by Gasteiger charge is -2.12. The molecule has 0 bridgehead atoms. The van der Waals surface area contributed by atoms with Crippen LogP contribution >= 0.6 is 0 Å². The molecule has 0 amide bonds. The van der Waals surface area contributed by atoms with Crippen molar-refractivity contribution in [3.63, 3.8) is 0 Å². The zero-order valence-corrected chi connectivity index (χ0v) is 16.3. The number of aryl methyl sites for hydroxylation is 2. The lowest BCUT2D eigenvalue weighted by molar-refractivity contribution is -0.384. The number of nitrogens with zero attached hydrogens (tertiary/aromatic N) is 1. The van der Waals surface area contributed by atoms with Crippen molar-refractivity contribution in [2.45, 2.75) is 25.7 Å². The number of nitrogens with one attached hydrogen (secondary N) is 2. The molecule has 2 N–H and O–H groups in total. The fourth-order valence-corrected chi connectivity index (χ4v) is 3.66. The predicted molar refractivity (Wildman–Crippen MR) is 105 cm³/mol. The number of sulfonamides is 1. The number of nitro groups is 1. The molecule has 0 fully saturated rings. The summed E-state index contributed by atoms with van der Waals surface area (Å²) in [5.41, 5.74) is 2.14. The van der Waals surface area contributed by atoms with Crippen LogP contribution in [0.15, 0.2) is 41.3 Å². The number of benzene rings is 2. The van der Waals surface area contributed by atoms with Gasteiger partial charge in [0.05, 0.1) is 22.1 Å². The first-order valence-corrected chi connectivity index (χ1v) is 9.93. The van der Waals surface area contributed by atoms with Gasteiger partial charge in [0.1, 0.15) is 5.69 Å². The van der Waals surface area contributed by atoms with E-state index in [0.717, 1.165) is 17.2 Å². The number of anilines is 2. The summed E-state index contributed by atoms with van der Waals surface area (Å²) in [5.74, 6) is 0. The summed E-state index contributed by atoms with van der Waals surface area (Å²) in [6, 6.07) is 9.09. The Morgan fingerprint density at radius 1 is 1.11 bits per heavy atom. The van der Waals surface area contributed by atoms with Crippen molar-refractivity contribution in [3.8, 4) is 0 Å². The molecule has 0 spiro atoms. The summed E-state index contributed by atoms with van der Waals surface area (Å²) in [7, 11) is -3.96. The summed E-state index contributed by atoms with van der Waals surface area (Å²) >= 11 is 0. The van der Waals surface area contributed by atoms with Crippen molar-refractivity contribution >= 4 is 27.1 Å². The van der Waals surface area contributed by atoms with Gasteiger partial charge in [-0.05, 0) is 44.5 Å². The van der Waals surface area contributed by atoms with E-state index in [1.165, 1.54) is 12.1 Å². The van der Waals surface area contributed by atoms with Crippen molar-refractivity contribution in [1.82, 2.24) is 0 Å². The predicted octanol–water partition coefficient (Wildman–Crippen LogP) is 3.46. The molecule has 0 aliphatic carbocycles. The first kappa shape index (κ1) is 20.7. The molecule has 0 heterocycles. The molecule has 146 valence electrons. The van der Waals surface area contributed by atoms with Gasteiger partial charge in [-0.2, -0.15) is 0 Å². The Morgan fingerprint density at radius 3 is 2.44 bits per heavy atom. The largest absolute Gasteiger partial charge is 0.380 e. The molecule has 0 saturated carbocycles. The van der Waals surface area contributed by atoms with E-state index < -0.39 is 14.9 Å². The minimum atomic E-state index is -3.96. The van der Waals surface area contributed by atoms with E-state index in [0.29, 0.717) is 25.4 Å². The second-order valence-electron chi connectivity index (χ2n) is 5.98. The highest BCUT2D eigenvalue weighted by Crippen LogP contribution is 2.29. The molecular weight excluding hydrogens is 370 g/mol. The summed E-state index contributed by atoms with van der Waals surface area (Å²) in [5, 5.41) is 14.2. The molecule has 0 aliphatic rings. The third-order valence-corrected chi connectivity index (χ3v) is 5.23. The summed E-state index contributed by atoms with van der Waals surface area (Å²) in [4.78, 5) is 10.6. The average molecular weight is 393 g/mol. The first-order chi connectivity index (χ1) is 12.7. The molecule has 9 heteroatoms. The highest BCUT2D eigenvalue weighted by Gasteiger charge is 2.22. The van der Waals surface area contributed by atoms with Crippen molar-refractivity contribution < 1.29 is 18.1 Å². The van der Waals surface area contributed by atoms with Gasteiger partial charge in [0.2, 0.25) is 0 Å². The van der Waals surface area contributed by atoms with Crippen LogP contribution in [0.2, 0.25) is 0 Å². The molecule has 0 aromatic heterocycles. The Hall–Kier alpha value is -2.65. The maximum atomic E-state index is 12.6. The highest BCUT2D eigenvalue weighted by molar-refractivity contribution is 7.92. The van der Waals surface area contributed by atoms with Gasteiger partial charge in [0.15, 0.2) is 0 Å². The number of ether oxygens (including phenoxy) is 1. The average Bonchev–Trinajstić information content (AvgIpc) is 2.61. The first-order valence-electron chi connectivity index (χ1n) is 8.44. The molecule has 0 radical (unpaired) electrons. The van der Waals surface area contributed by atoms with E-state index in [1.54, 1.807) is 19.1 Å². The highest BCUT2D eigenvalue weighted by atomic mass is 32.2. The van der Waals surface area contributed by atoms with Gasteiger partial charge in [-0.15, -0.1) is 0 Å². The van der Waals surface area contributed by atoms with E-state index in [-0.39, 0.29) is 16.3 Å². The Balaban J connectivity index is 2.28. The summed E-state index contributed by atoms with van der Waals surface area (Å²) < 4.78 is 33.0. The number of rotatable bonds is 9. The number of hydrogen-bond donors (Lipinski definition) is 2. The monoisotopic (exact) mass is 393 g/mol. The molecule has 2 rings (SSSR count). The van der Waals surface area contributed by atoms with Gasteiger partial charge in [-0.3, -0.25) is 14.8 Å². The minimum absolute atomic E-state index is 0.176. The molecule has 0 unspecified atom stereocenters. The van der Waals surface area contributed by atoms with Crippen LogP contribution in [0.3, 0.4) is 0 Å². The van der Waals surface area contributed by atoms with E-state index >= 15 is 0 Å². The zero-order valence-electron chi connectivity index (χ0n) is 15.5. The molecule has 2 aromatic carbocycles. The van der Waals surface area contributed by atoms with Crippen LogP contribution in [0, 0.1) is 24.0 Å². The SMILES string of the molecule is CCOCCNc1ccc(S(=O)(=O)Nc2ccc(C)cc2C)cc1[N+](=O)[O-]. The van der Waals surface area contributed by atoms with Gasteiger partial charge in [0, 0.05) is 19.2 Å². The van der Waals surface area contributed by atoms with Gasteiger partial charge < -0.3 is 10.1 Å². The maximum Gasteiger partial charge on any atom is 0.293 e. The molecule has 2 aromatic rings. The number of hydrogen-bond acceptors (Lipinski definition) is 6. The Morgan fingerprint density at radius 2 is 1.81 bits per heavy atom. The summed E-state index contributed by atoms with van der Waals surface area (Å²) in [6.45, 7) is 6.87. The van der Waals surface area contributed by atoms with Crippen LogP contribution in [0.1, 0.15) is 18.1 Å². The van der Waals surface area contributed by atoms with Crippen LogP contribution in [-0.2, 0) is 14.8 Å². The second kappa shape index (κ2) is 8.83. The Labute approximate surface area is 158 Å². The third kappa shape index (κ3) is 5.41. The molecular formula is C18H23N3O5S. The molecule has 0 saturated heterocycles. The normalized spacial score (nSPS) is 11.2. The van der Waals surface area contributed by atoms with Gasteiger partial charge in [-0.25, -0.2) is 8.42 Å². The smallest absolute Gasteiger partial charge is 0.293 e. The van der Waals surface area contributed by atoms with Gasteiger partial charge in [0.25, 0.3) is 15.7 Å². The molecule has 8 nitrogen and oxygen atoms in total. The fourth-order valence-electron chi connectivity index (χ4n) is 2.51. The Bertz CT molecular complexity index is 929. The van der Waals surface area contributed by atoms with Crippen molar-refractivity contribution in [1.29, 1.82) is 0 Å². The fraction of sp³-hybridized carbons (Fsp3) is 0.333. The van der Waals surface area contributed by atoms with Gasteiger partial charge in [-0.1, -0.05) is 17.7 Å². The summed E-state index contributed by atoms with van der Waals surface area (Å²) in [6.07, 6.45) is 0. The third-order valence-electron chi connectivity index (χ3n) is 3.87.